The van der Waals surface area contributed by atoms with Crippen LogP contribution in [0.2, 0.25) is 0 Å². The van der Waals surface area contributed by atoms with E-state index in [9.17, 15) is 18.0 Å². The van der Waals surface area contributed by atoms with Crippen molar-refractivity contribution in [2.75, 3.05) is 24.6 Å². The van der Waals surface area contributed by atoms with Crippen LogP contribution in [0.25, 0.3) is 0 Å². The largest absolute Gasteiger partial charge is 0.416 e. The molecule has 1 aliphatic heterocycles. The minimum atomic E-state index is -4.40. The molecule has 2 heterocycles. The van der Waals surface area contributed by atoms with Crippen molar-refractivity contribution >= 4 is 22.4 Å². The molecule has 1 aromatic rings. The summed E-state index contributed by atoms with van der Waals surface area (Å²) in [6.45, 7) is -0.0524. The molecule has 1 fully saturated rings. The summed E-state index contributed by atoms with van der Waals surface area (Å²) in [6, 6.07) is 0. The van der Waals surface area contributed by atoms with Gasteiger partial charge in [-0.05, 0) is 0 Å². The van der Waals surface area contributed by atoms with Gasteiger partial charge in [0.05, 0.1) is 13.2 Å². The maximum Gasteiger partial charge on any atom is 0.416 e. The summed E-state index contributed by atoms with van der Waals surface area (Å²) in [6.07, 6.45) is -6.23. The molecule has 0 aromatic carbocycles. The van der Waals surface area contributed by atoms with Crippen molar-refractivity contribution in [1.82, 2.24) is 4.98 Å². The fourth-order valence-corrected chi connectivity index (χ4v) is 2.40. The SMILES string of the molecule is NC(=O)c1csc(N2CCO[C@@H](C(F)(F)F)C2)n1. The third kappa shape index (κ3) is 2.72. The Morgan fingerprint density at radius 1 is 1.61 bits per heavy atom. The van der Waals surface area contributed by atoms with Crippen LogP contribution in [0.1, 0.15) is 10.5 Å². The smallest absolute Gasteiger partial charge is 0.365 e. The standard InChI is InChI=1S/C9H10F3N3O2S/c10-9(11,12)6-3-15(1-2-17-6)8-14-5(4-18-8)7(13)16/h4,6H,1-3H2,(H2,13,16)/t6-/m1/s1. The van der Waals surface area contributed by atoms with E-state index in [2.05, 4.69) is 9.72 Å². The molecule has 5 nitrogen and oxygen atoms in total. The Bertz CT molecular complexity index is 449. The number of nitrogens with two attached hydrogens (primary N) is 1. The normalized spacial score (nSPS) is 21.1. The average molecular weight is 281 g/mol. The van der Waals surface area contributed by atoms with Crippen molar-refractivity contribution in [3.63, 3.8) is 0 Å². The zero-order chi connectivity index (χ0) is 13.3. The zero-order valence-corrected chi connectivity index (χ0v) is 9.92. The number of hydrogen-bond donors (Lipinski definition) is 1. The Kier molecular flexibility index (Phi) is 3.44. The van der Waals surface area contributed by atoms with Crippen LogP contribution in [0.15, 0.2) is 5.38 Å². The Balaban J connectivity index is 2.10. The number of anilines is 1. The predicted octanol–water partition coefficient (Wildman–Crippen LogP) is 1.01. The highest BCUT2D eigenvalue weighted by molar-refractivity contribution is 7.13. The van der Waals surface area contributed by atoms with Gasteiger partial charge in [-0.2, -0.15) is 13.2 Å². The monoisotopic (exact) mass is 281 g/mol. The average Bonchev–Trinajstić information content (AvgIpc) is 2.77. The van der Waals surface area contributed by atoms with E-state index >= 15 is 0 Å². The molecule has 0 saturated carbocycles. The summed E-state index contributed by atoms with van der Waals surface area (Å²) in [5.41, 5.74) is 5.10. The molecule has 2 N–H and O–H groups in total. The molecule has 1 saturated heterocycles. The van der Waals surface area contributed by atoms with E-state index in [1.807, 2.05) is 0 Å². The highest BCUT2D eigenvalue weighted by Crippen LogP contribution is 2.29. The van der Waals surface area contributed by atoms with Gasteiger partial charge in [0.2, 0.25) is 0 Å². The highest BCUT2D eigenvalue weighted by atomic mass is 32.1. The third-order valence-corrected chi connectivity index (χ3v) is 3.35. The Labute approximate surface area is 104 Å². The Hall–Kier alpha value is -1.35. The topological polar surface area (TPSA) is 68.5 Å². The minimum absolute atomic E-state index is 0.0321. The first kappa shape index (κ1) is 13.1. The molecule has 2 rings (SSSR count). The number of carbonyl (C=O) groups is 1. The number of thiazole rings is 1. The molecule has 0 spiro atoms. The maximum atomic E-state index is 12.5. The molecule has 1 atom stereocenters. The van der Waals surface area contributed by atoms with E-state index < -0.39 is 18.2 Å². The lowest BCUT2D eigenvalue weighted by Gasteiger charge is -2.33. The van der Waals surface area contributed by atoms with Crippen molar-refractivity contribution in [1.29, 1.82) is 0 Å². The maximum absolute atomic E-state index is 12.5. The number of ether oxygens (including phenoxy) is 1. The van der Waals surface area contributed by atoms with Crippen molar-refractivity contribution in [2.24, 2.45) is 5.73 Å². The lowest BCUT2D eigenvalue weighted by atomic mass is 10.3. The predicted molar refractivity (Wildman–Crippen MR) is 58.6 cm³/mol. The molecule has 1 amide bonds. The molecule has 0 radical (unpaired) electrons. The van der Waals surface area contributed by atoms with E-state index in [1.165, 1.54) is 10.3 Å². The Morgan fingerprint density at radius 3 is 2.89 bits per heavy atom. The van der Waals surface area contributed by atoms with Crippen LogP contribution in [0.5, 0.6) is 0 Å². The lowest BCUT2D eigenvalue weighted by molar-refractivity contribution is -0.221. The fraction of sp³-hybridized carbons (Fsp3) is 0.556. The van der Waals surface area contributed by atoms with Crippen LogP contribution in [0.3, 0.4) is 0 Å². The molecule has 1 aromatic heterocycles. The summed E-state index contributed by atoms with van der Waals surface area (Å²) in [4.78, 5) is 16.2. The number of hydrogen-bond acceptors (Lipinski definition) is 5. The summed E-state index contributed by atoms with van der Waals surface area (Å²) in [5.74, 6) is -0.696. The number of halogens is 3. The number of morpholine rings is 1. The van der Waals surface area contributed by atoms with Crippen LogP contribution in [-0.4, -0.2) is 42.9 Å². The second-order valence-electron chi connectivity index (χ2n) is 3.73. The molecular weight excluding hydrogens is 271 g/mol. The van der Waals surface area contributed by atoms with Crippen LogP contribution in [-0.2, 0) is 4.74 Å². The van der Waals surface area contributed by atoms with Crippen molar-refractivity contribution in [3.8, 4) is 0 Å². The van der Waals surface area contributed by atoms with Gasteiger partial charge < -0.3 is 15.4 Å². The molecular formula is C9H10F3N3O2S. The number of amides is 1. The van der Waals surface area contributed by atoms with Crippen LogP contribution in [0.4, 0.5) is 18.3 Å². The molecule has 0 bridgehead atoms. The Morgan fingerprint density at radius 2 is 2.33 bits per heavy atom. The summed E-state index contributed by atoms with van der Waals surface area (Å²) >= 11 is 1.09. The zero-order valence-electron chi connectivity index (χ0n) is 9.11. The fourth-order valence-electron chi connectivity index (χ4n) is 1.54. The van der Waals surface area contributed by atoms with Gasteiger partial charge in [0.15, 0.2) is 11.2 Å². The van der Waals surface area contributed by atoms with Crippen LogP contribution < -0.4 is 10.6 Å². The number of primary amides is 1. The van der Waals surface area contributed by atoms with Crippen LogP contribution in [0, 0.1) is 0 Å². The first-order valence-corrected chi connectivity index (χ1v) is 5.94. The van der Waals surface area contributed by atoms with Gasteiger partial charge in [0, 0.05) is 11.9 Å². The number of nitrogens with zero attached hydrogens (tertiary/aromatic N) is 2. The first-order chi connectivity index (χ1) is 8.38. The molecule has 0 unspecified atom stereocenters. The highest BCUT2D eigenvalue weighted by Gasteiger charge is 2.43. The van der Waals surface area contributed by atoms with Gasteiger partial charge in [0.1, 0.15) is 5.69 Å². The van der Waals surface area contributed by atoms with Gasteiger partial charge in [0.25, 0.3) is 5.91 Å². The van der Waals surface area contributed by atoms with E-state index in [0.29, 0.717) is 11.7 Å². The second-order valence-corrected chi connectivity index (χ2v) is 4.56. The number of carbonyl (C=O) groups excluding carboxylic acids is 1. The number of aromatic nitrogens is 1. The van der Waals surface area contributed by atoms with Crippen LogP contribution >= 0.6 is 11.3 Å². The first-order valence-electron chi connectivity index (χ1n) is 5.06. The van der Waals surface area contributed by atoms with Gasteiger partial charge in [-0.15, -0.1) is 11.3 Å². The second kappa shape index (κ2) is 4.73. The van der Waals surface area contributed by atoms with Crippen molar-refractivity contribution < 1.29 is 22.7 Å². The molecule has 9 heteroatoms. The lowest BCUT2D eigenvalue weighted by Crippen LogP contribution is -2.49. The molecule has 0 aliphatic carbocycles. The summed E-state index contributed by atoms with van der Waals surface area (Å²) in [7, 11) is 0. The number of alkyl halides is 3. The van der Waals surface area contributed by atoms with Crippen molar-refractivity contribution in [2.45, 2.75) is 12.3 Å². The third-order valence-electron chi connectivity index (χ3n) is 2.45. The summed E-state index contributed by atoms with van der Waals surface area (Å²) < 4.78 is 42.2. The van der Waals surface area contributed by atoms with E-state index in [-0.39, 0.29) is 18.8 Å². The summed E-state index contributed by atoms with van der Waals surface area (Å²) in [5, 5.41) is 1.77. The quantitative estimate of drug-likeness (QED) is 0.878. The van der Waals surface area contributed by atoms with Gasteiger partial charge in [-0.25, -0.2) is 4.98 Å². The molecule has 18 heavy (non-hydrogen) atoms. The van der Waals surface area contributed by atoms with Gasteiger partial charge in [-0.3, -0.25) is 4.79 Å². The van der Waals surface area contributed by atoms with E-state index in [0.717, 1.165) is 11.3 Å². The minimum Gasteiger partial charge on any atom is -0.365 e. The van der Waals surface area contributed by atoms with Crippen molar-refractivity contribution in [3.05, 3.63) is 11.1 Å². The number of rotatable bonds is 2. The molecule has 1 aliphatic rings. The van der Waals surface area contributed by atoms with E-state index in [4.69, 9.17) is 5.73 Å². The van der Waals surface area contributed by atoms with Gasteiger partial charge >= 0.3 is 6.18 Å². The van der Waals surface area contributed by atoms with Gasteiger partial charge in [-0.1, -0.05) is 0 Å². The van der Waals surface area contributed by atoms with E-state index in [1.54, 1.807) is 0 Å². The molecule has 100 valence electrons.